The van der Waals surface area contributed by atoms with Gasteiger partial charge in [0.2, 0.25) is 5.88 Å². The van der Waals surface area contributed by atoms with Crippen molar-refractivity contribution in [3.8, 4) is 5.88 Å². The molecule has 0 saturated heterocycles. The molecular weight excluding hydrogens is 222 g/mol. The number of anilines is 1. The van der Waals surface area contributed by atoms with E-state index in [4.69, 9.17) is 10.5 Å². The van der Waals surface area contributed by atoms with Gasteiger partial charge in [0.25, 0.3) is 5.69 Å². The standard InChI is InChI=1S/C11H15N3O3/c12-10-6-8(14(15)16)7-11(13-10)17-9-4-2-1-3-5-9/h6-7,9H,1-5H2,(H2,12,13). The second-order valence-electron chi connectivity index (χ2n) is 4.22. The van der Waals surface area contributed by atoms with Gasteiger partial charge in [-0.1, -0.05) is 6.42 Å². The van der Waals surface area contributed by atoms with Crippen LogP contribution in [0.25, 0.3) is 0 Å². The minimum Gasteiger partial charge on any atom is -0.474 e. The van der Waals surface area contributed by atoms with Crippen LogP contribution in [-0.2, 0) is 0 Å². The molecule has 0 aromatic carbocycles. The Labute approximate surface area is 98.9 Å². The smallest absolute Gasteiger partial charge is 0.278 e. The summed E-state index contributed by atoms with van der Waals surface area (Å²) in [6.45, 7) is 0. The van der Waals surface area contributed by atoms with Crippen LogP contribution in [0.2, 0.25) is 0 Å². The number of pyridine rings is 1. The van der Waals surface area contributed by atoms with E-state index in [0.29, 0.717) is 0 Å². The van der Waals surface area contributed by atoms with Gasteiger partial charge in [-0.15, -0.1) is 0 Å². The zero-order valence-corrected chi connectivity index (χ0v) is 9.46. The summed E-state index contributed by atoms with van der Waals surface area (Å²) in [6.07, 6.45) is 5.56. The molecule has 1 fully saturated rings. The lowest BCUT2D eigenvalue weighted by molar-refractivity contribution is -0.384. The van der Waals surface area contributed by atoms with E-state index in [1.54, 1.807) is 0 Å². The molecule has 1 heterocycles. The molecule has 1 aromatic heterocycles. The van der Waals surface area contributed by atoms with Gasteiger partial charge < -0.3 is 10.5 Å². The molecule has 1 saturated carbocycles. The fraction of sp³-hybridized carbons (Fsp3) is 0.545. The normalized spacial score (nSPS) is 16.7. The van der Waals surface area contributed by atoms with Gasteiger partial charge in [-0.05, 0) is 25.7 Å². The molecule has 0 spiro atoms. The summed E-state index contributed by atoms with van der Waals surface area (Å²) in [6, 6.07) is 2.55. The molecule has 0 aliphatic heterocycles. The number of nitro groups is 1. The first-order chi connectivity index (χ1) is 8.15. The molecule has 92 valence electrons. The molecule has 2 rings (SSSR count). The van der Waals surface area contributed by atoms with Crippen molar-refractivity contribution >= 4 is 11.5 Å². The van der Waals surface area contributed by atoms with Gasteiger partial charge in [-0.2, -0.15) is 4.98 Å². The third kappa shape index (κ3) is 3.05. The Kier molecular flexibility index (Phi) is 3.41. The van der Waals surface area contributed by atoms with Crippen molar-refractivity contribution < 1.29 is 9.66 Å². The highest BCUT2D eigenvalue weighted by Crippen LogP contribution is 2.25. The fourth-order valence-electron chi connectivity index (χ4n) is 2.03. The molecule has 0 radical (unpaired) electrons. The van der Waals surface area contributed by atoms with Crippen LogP contribution in [0.3, 0.4) is 0 Å². The largest absolute Gasteiger partial charge is 0.474 e. The van der Waals surface area contributed by atoms with Crippen molar-refractivity contribution in [3.63, 3.8) is 0 Å². The first-order valence-electron chi connectivity index (χ1n) is 5.74. The van der Waals surface area contributed by atoms with E-state index < -0.39 is 4.92 Å². The SMILES string of the molecule is Nc1cc([N+](=O)[O-])cc(OC2CCCCC2)n1. The van der Waals surface area contributed by atoms with E-state index in [1.807, 2.05) is 0 Å². The molecule has 6 nitrogen and oxygen atoms in total. The summed E-state index contributed by atoms with van der Waals surface area (Å²) in [5.41, 5.74) is 5.43. The lowest BCUT2D eigenvalue weighted by atomic mass is 9.98. The maximum absolute atomic E-state index is 10.7. The van der Waals surface area contributed by atoms with Crippen LogP contribution in [0.1, 0.15) is 32.1 Å². The van der Waals surface area contributed by atoms with Crippen LogP contribution in [0.5, 0.6) is 5.88 Å². The molecule has 0 atom stereocenters. The van der Waals surface area contributed by atoms with Crippen LogP contribution in [0, 0.1) is 10.1 Å². The number of hydrogen-bond donors (Lipinski definition) is 1. The van der Waals surface area contributed by atoms with Gasteiger partial charge >= 0.3 is 0 Å². The zero-order valence-electron chi connectivity index (χ0n) is 9.46. The summed E-state index contributed by atoms with van der Waals surface area (Å²) < 4.78 is 5.63. The molecule has 0 amide bonds. The number of rotatable bonds is 3. The summed E-state index contributed by atoms with van der Waals surface area (Å²) >= 11 is 0. The maximum atomic E-state index is 10.7. The highest BCUT2D eigenvalue weighted by atomic mass is 16.6. The van der Waals surface area contributed by atoms with Gasteiger partial charge in [0.15, 0.2) is 0 Å². The van der Waals surface area contributed by atoms with E-state index in [9.17, 15) is 10.1 Å². The summed E-state index contributed by atoms with van der Waals surface area (Å²) in [7, 11) is 0. The van der Waals surface area contributed by atoms with Crippen molar-refractivity contribution in [1.29, 1.82) is 0 Å². The molecule has 2 N–H and O–H groups in total. The Balaban J connectivity index is 2.11. The van der Waals surface area contributed by atoms with Gasteiger partial charge in [0.1, 0.15) is 11.9 Å². The molecule has 0 unspecified atom stereocenters. The average Bonchev–Trinajstić information content (AvgIpc) is 2.29. The van der Waals surface area contributed by atoms with Gasteiger partial charge in [-0.3, -0.25) is 10.1 Å². The van der Waals surface area contributed by atoms with Crippen molar-refractivity contribution in [1.82, 2.24) is 4.98 Å². The van der Waals surface area contributed by atoms with Crippen LogP contribution in [0.15, 0.2) is 12.1 Å². The topological polar surface area (TPSA) is 91.3 Å². The van der Waals surface area contributed by atoms with Crippen LogP contribution >= 0.6 is 0 Å². The van der Waals surface area contributed by atoms with Gasteiger partial charge in [0.05, 0.1) is 17.1 Å². The lowest BCUT2D eigenvalue weighted by Crippen LogP contribution is -2.20. The number of hydrogen-bond acceptors (Lipinski definition) is 5. The van der Waals surface area contributed by atoms with E-state index in [-0.39, 0.29) is 23.5 Å². The summed E-state index contributed by atoms with van der Waals surface area (Å²) in [4.78, 5) is 14.1. The second kappa shape index (κ2) is 4.99. The molecule has 17 heavy (non-hydrogen) atoms. The second-order valence-corrected chi connectivity index (χ2v) is 4.22. The third-order valence-electron chi connectivity index (χ3n) is 2.86. The Morgan fingerprint density at radius 2 is 2.06 bits per heavy atom. The Hall–Kier alpha value is -1.85. The first-order valence-corrected chi connectivity index (χ1v) is 5.74. The minimum absolute atomic E-state index is 0.0803. The molecule has 1 aliphatic rings. The Morgan fingerprint density at radius 1 is 1.35 bits per heavy atom. The number of aromatic nitrogens is 1. The summed E-state index contributed by atoms with van der Waals surface area (Å²) in [5.74, 6) is 0.369. The maximum Gasteiger partial charge on any atom is 0.278 e. The van der Waals surface area contributed by atoms with Crippen LogP contribution in [-0.4, -0.2) is 16.0 Å². The number of nitrogen functional groups attached to an aromatic ring is 1. The quantitative estimate of drug-likeness (QED) is 0.643. The monoisotopic (exact) mass is 237 g/mol. The van der Waals surface area contributed by atoms with E-state index in [1.165, 1.54) is 18.6 Å². The lowest BCUT2D eigenvalue weighted by Gasteiger charge is -2.22. The van der Waals surface area contributed by atoms with E-state index >= 15 is 0 Å². The van der Waals surface area contributed by atoms with Crippen molar-refractivity contribution in [2.45, 2.75) is 38.2 Å². The first kappa shape index (κ1) is 11.6. The highest BCUT2D eigenvalue weighted by Gasteiger charge is 2.17. The molecule has 0 bridgehead atoms. The number of ether oxygens (including phenoxy) is 1. The Bertz CT molecular complexity index is 416. The average molecular weight is 237 g/mol. The molecule has 6 heteroatoms. The zero-order chi connectivity index (χ0) is 12.3. The highest BCUT2D eigenvalue weighted by molar-refractivity contribution is 5.45. The van der Waals surface area contributed by atoms with Gasteiger partial charge in [-0.25, -0.2) is 0 Å². The fourth-order valence-corrected chi connectivity index (χ4v) is 2.03. The van der Waals surface area contributed by atoms with E-state index in [2.05, 4.69) is 4.98 Å². The van der Waals surface area contributed by atoms with E-state index in [0.717, 1.165) is 25.7 Å². The molecular formula is C11H15N3O3. The van der Waals surface area contributed by atoms with Crippen molar-refractivity contribution in [2.75, 3.05) is 5.73 Å². The van der Waals surface area contributed by atoms with Gasteiger partial charge in [0, 0.05) is 0 Å². The van der Waals surface area contributed by atoms with Crippen molar-refractivity contribution in [2.24, 2.45) is 0 Å². The molecule has 1 aromatic rings. The Morgan fingerprint density at radius 3 is 2.71 bits per heavy atom. The minimum atomic E-state index is -0.494. The molecule has 1 aliphatic carbocycles. The predicted octanol–water partition coefficient (Wildman–Crippen LogP) is 2.28. The number of nitrogens with two attached hydrogens (primary N) is 1. The van der Waals surface area contributed by atoms with Crippen LogP contribution < -0.4 is 10.5 Å². The van der Waals surface area contributed by atoms with Crippen LogP contribution in [0.4, 0.5) is 11.5 Å². The summed E-state index contributed by atoms with van der Waals surface area (Å²) in [5, 5.41) is 10.7. The van der Waals surface area contributed by atoms with Crippen molar-refractivity contribution in [3.05, 3.63) is 22.2 Å². The number of nitrogens with zero attached hydrogens (tertiary/aromatic N) is 2. The third-order valence-corrected chi connectivity index (χ3v) is 2.86. The predicted molar refractivity (Wildman–Crippen MR) is 62.8 cm³/mol.